The molecule has 0 heterocycles. The second-order valence-corrected chi connectivity index (χ2v) is 7.95. The molecule has 22 heavy (non-hydrogen) atoms. The second kappa shape index (κ2) is 9.84. The van der Waals surface area contributed by atoms with Crippen molar-refractivity contribution in [2.75, 3.05) is 0 Å². The van der Waals surface area contributed by atoms with Crippen LogP contribution in [-0.2, 0) is 0 Å². The normalized spacial score (nSPS) is 12.4. The zero-order chi connectivity index (χ0) is 15.6. The average molecular weight is 361 g/mol. The van der Waals surface area contributed by atoms with Gasteiger partial charge in [-0.05, 0) is 0 Å². The Labute approximate surface area is 140 Å². The molecule has 0 bridgehead atoms. The average Bonchev–Trinajstić information content (AvgIpc) is 2.56. The Morgan fingerprint density at radius 3 is 2.64 bits per heavy atom. The third-order valence-corrected chi connectivity index (χ3v) is 6.43. The SMILES string of the molecule is C=CCCCCCCC(O)C[Se]c1cccc2ccccc12. The molecule has 0 aromatic heterocycles. The summed E-state index contributed by atoms with van der Waals surface area (Å²) in [4.78, 5) is 0. The van der Waals surface area contributed by atoms with Crippen LogP contribution in [0.1, 0.15) is 38.5 Å². The van der Waals surface area contributed by atoms with Crippen molar-refractivity contribution in [3.63, 3.8) is 0 Å². The summed E-state index contributed by atoms with van der Waals surface area (Å²) in [6.07, 6.45) is 8.77. The van der Waals surface area contributed by atoms with Crippen LogP contribution < -0.4 is 4.46 Å². The molecule has 0 amide bonds. The zero-order valence-electron chi connectivity index (χ0n) is 13.2. The standard InChI is InChI=1S/C20H26OSe/c1-2-3-4-5-6-7-13-18(21)16-22-20-15-10-12-17-11-8-9-14-19(17)20/h2,8-12,14-15,18,21H,1,3-7,13,16H2. The first-order chi connectivity index (χ1) is 10.8. The van der Waals surface area contributed by atoms with Crippen molar-refractivity contribution >= 4 is 30.2 Å². The van der Waals surface area contributed by atoms with Gasteiger partial charge >= 0.3 is 140 Å². The van der Waals surface area contributed by atoms with Gasteiger partial charge in [-0.1, -0.05) is 0 Å². The minimum absolute atomic E-state index is 0.140. The molecule has 0 spiro atoms. The molecule has 1 atom stereocenters. The van der Waals surface area contributed by atoms with Crippen molar-refractivity contribution in [3.8, 4) is 0 Å². The van der Waals surface area contributed by atoms with Crippen LogP contribution >= 0.6 is 0 Å². The Hall–Kier alpha value is -1.08. The molecule has 2 heteroatoms. The molecule has 1 nitrogen and oxygen atoms in total. The van der Waals surface area contributed by atoms with Crippen LogP contribution in [0.3, 0.4) is 0 Å². The Morgan fingerprint density at radius 1 is 1.00 bits per heavy atom. The predicted molar refractivity (Wildman–Crippen MR) is 98.0 cm³/mol. The molecule has 118 valence electrons. The summed E-state index contributed by atoms with van der Waals surface area (Å²) >= 11 is 0.350. The van der Waals surface area contributed by atoms with E-state index in [0.29, 0.717) is 15.0 Å². The number of hydrogen-bond donors (Lipinski definition) is 1. The molecule has 0 fully saturated rings. The molecule has 0 aliphatic heterocycles. The topological polar surface area (TPSA) is 20.2 Å². The number of unbranched alkanes of at least 4 members (excludes halogenated alkanes) is 4. The van der Waals surface area contributed by atoms with Crippen LogP contribution in [0.15, 0.2) is 55.1 Å². The molecular formula is C20H26OSe. The predicted octanol–water partition coefficient (Wildman–Crippen LogP) is 4.48. The van der Waals surface area contributed by atoms with Gasteiger partial charge < -0.3 is 0 Å². The van der Waals surface area contributed by atoms with Crippen LogP contribution in [-0.4, -0.2) is 26.2 Å². The molecule has 2 aromatic carbocycles. The summed E-state index contributed by atoms with van der Waals surface area (Å²) in [5.41, 5.74) is 0. The van der Waals surface area contributed by atoms with Crippen molar-refractivity contribution < 1.29 is 5.11 Å². The summed E-state index contributed by atoms with van der Waals surface area (Å²) in [6, 6.07) is 15.0. The van der Waals surface area contributed by atoms with Gasteiger partial charge in [0.2, 0.25) is 0 Å². The van der Waals surface area contributed by atoms with Crippen LogP contribution in [0.4, 0.5) is 0 Å². The van der Waals surface area contributed by atoms with E-state index in [2.05, 4.69) is 49.0 Å². The first-order valence-electron chi connectivity index (χ1n) is 8.21. The van der Waals surface area contributed by atoms with Gasteiger partial charge in [0.25, 0.3) is 0 Å². The van der Waals surface area contributed by atoms with E-state index in [1.54, 1.807) is 0 Å². The van der Waals surface area contributed by atoms with Gasteiger partial charge in [-0.25, -0.2) is 0 Å². The monoisotopic (exact) mass is 362 g/mol. The van der Waals surface area contributed by atoms with E-state index in [1.807, 2.05) is 6.08 Å². The van der Waals surface area contributed by atoms with Gasteiger partial charge in [0, 0.05) is 0 Å². The Kier molecular flexibility index (Phi) is 7.73. The molecule has 0 aliphatic carbocycles. The second-order valence-electron chi connectivity index (χ2n) is 5.72. The third kappa shape index (κ3) is 5.61. The summed E-state index contributed by atoms with van der Waals surface area (Å²) in [6.45, 7) is 3.74. The number of aliphatic hydroxyl groups is 1. The number of allylic oxidation sites excluding steroid dienone is 1. The molecule has 1 N–H and O–H groups in total. The number of fused-ring (bicyclic) bond motifs is 1. The molecule has 0 aliphatic rings. The molecule has 2 rings (SSSR count). The number of rotatable bonds is 10. The van der Waals surface area contributed by atoms with Crippen molar-refractivity contribution in [1.82, 2.24) is 0 Å². The first kappa shape index (κ1) is 17.3. The van der Waals surface area contributed by atoms with Gasteiger partial charge in [0.05, 0.1) is 0 Å². The fraction of sp³-hybridized carbons (Fsp3) is 0.400. The van der Waals surface area contributed by atoms with E-state index >= 15 is 0 Å². The van der Waals surface area contributed by atoms with Gasteiger partial charge in [-0.2, -0.15) is 0 Å². The van der Waals surface area contributed by atoms with E-state index in [4.69, 9.17) is 0 Å². The third-order valence-electron chi connectivity index (χ3n) is 3.88. The quantitative estimate of drug-likeness (QED) is 0.376. The first-order valence-corrected chi connectivity index (χ1v) is 10.3. The molecule has 1 unspecified atom stereocenters. The summed E-state index contributed by atoms with van der Waals surface area (Å²) in [5.74, 6) is 0. The van der Waals surface area contributed by atoms with E-state index in [9.17, 15) is 5.11 Å². The number of hydrogen-bond acceptors (Lipinski definition) is 1. The molecule has 0 radical (unpaired) electrons. The van der Waals surface area contributed by atoms with E-state index in [-0.39, 0.29) is 6.10 Å². The van der Waals surface area contributed by atoms with Crippen LogP contribution in [0, 0.1) is 0 Å². The van der Waals surface area contributed by atoms with Crippen LogP contribution in [0.5, 0.6) is 0 Å². The van der Waals surface area contributed by atoms with E-state index < -0.39 is 0 Å². The molecule has 2 aromatic rings. The number of aliphatic hydroxyl groups excluding tert-OH is 1. The summed E-state index contributed by atoms with van der Waals surface area (Å²) in [5, 5.41) is 13.8. The van der Waals surface area contributed by atoms with Gasteiger partial charge in [-0.15, -0.1) is 0 Å². The Morgan fingerprint density at radius 2 is 1.77 bits per heavy atom. The van der Waals surface area contributed by atoms with E-state index in [0.717, 1.165) is 24.6 Å². The Bertz CT molecular complexity index is 573. The maximum absolute atomic E-state index is 10.2. The molecular weight excluding hydrogens is 335 g/mol. The van der Waals surface area contributed by atoms with Gasteiger partial charge in [0.15, 0.2) is 0 Å². The Balaban J connectivity index is 1.73. The van der Waals surface area contributed by atoms with Gasteiger partial charge in [0.1, 0.15) is 0 Å². The molecule has 0 saturated carbocycles. The maximum atomic E-state index is 10.2. The van der Waals surface area contributed by atoms with Crippen molar-refractivity contribution in [2.45, 2.75) is 49.9 Å². The van der Waals surface area contributed by atoms with Gasteiger partial charge in [-0.3, -0.25) is 0 Å². The van der Waals surface area contributed by atoms with E-state index in [1.165, 1.54) is 34.5 Å². The summed E-state index contributed by atoms with van der Waals surface area (Å²) < 4.78 is 1.41. The van der Waals surface area contributed by atoms with Crippen molar-refractivity contribution in [3.05, 3.63) is 55.1 Å². The fourth-order valence-electron chi connectivity index (χ4n) is 2.61. The summed E-state index contributed by atoms with van der Waals surface area (Å²) in [7, 11) is 0. The van der Waals surface area contributed by atoms with Crippen LogP contribution in [0.25, 0.3) is 10.8 Å². The zero-order valence-corrected chi connectivity index (χ0v) is 14.9. The van der Waals surface area contributed by atoms with Crippen molar-refractivity contribution in [1.29, 1.82) is 0 Å². The molecule has 0 saturated heterocycles. The fourth-order valence-corrected chi connectivity index (χ4v) is 4.83. The minimum atomic E-state index is -0.140. The number of benzene rings is 2. The van der Waals surface area contributed by atoms with Crippen molar-refractivity contribution in [2.24, 2.45) is 0 Å². The van der Waals surface area contributed by atoms with Crippen LogP contribution in [0.2, 0.25) is 5.32 Å².